The van der Waals surface area contributed by atoms with Crippen LogP contribution in [-0.2, 0) is 4.79 Å². The number of benzene rings is 1. The highest BCUT2D eigenvalue weighted by Crippen LogP contribution is 2.33. The zero-order chi connectivity index (χ0) is 15.1. The van der Waals surface area contributed by atoms with E-state index in [2.05, 4.69) is 0 Å². The Morgan fingerprint density at radius 2 is 1.45 bits per heavy atom. The quantitative estimate of drug-likeness (QED) is 0.511. The molecule has 1 fully saturated rings. The lowest BCUT2D eigenvalue weighted by Crippen LogP contribution is -2.49. The molecule has 1 aliphatic rings. The number of carbonyl (C=O) groups excluding carboxylic acids is 1. The molecule has 3 N–H and O–H groups in total. The molecule has 0 aromatic heterocycles. The number of carbonyl (C=O) groups is 1. The molecule has 1 amide bonds. The summed E-state index contributed by atoms with van der Waals surface area (Å²) in [6.45, 7) is 0. The Morgan fingerprint density at radius 3 is 1.85 bits per heavy atom. The summed E-state index contributed by atoms with van der Waals surface area (Å²) in [5.74, 6) is -11.5. The molecule has 0 spiro atoms. The van der Waals surface area contributed by atoms with E-state index in [0.717, 1.165) is 6.42 Å². The van der Waals surface area contributed by atoms with Gasteiger partial charge in [-0.05, 0) is 19.3 Å². The maximum absolute atomic E-state index is 13.3. The Labute approximate surface area is 110 Å². The van der Waals surface area contributed by atoms with Crippen molar-refractivity contribution < 1.29 is 26.7 Å². The third-order valence-corrected chi connectivity index (χ3v) is 3.34. The topological polar surface area (TPSA) is 55.1 Å². The van der Waals surface area contributed by atoms with Gasteiger partial charge < -0.3 is 11.1 Å². The van der Waals surface area contributed by atoms with E-state index in [-0.39, 0.29) is 6.42 Å². The molecule has 0 saturated heterocycles. The van der Waals surface area contributed by atoms with Crippen LogP contribution in [0.2, 0.25) is 0 Å². The predicted molar refractivity (Wildman–Crippen MR) is 60.2 cm³/mol. The molecule has 1 aliphatic carbocycles. The lowest BCUT2D eigenvalue weighted by atomic mass is 9.75. The Kier molecular flexibility index (Phi) is 3.68. The molecule has 1 saturated carbocycles. The Balaban J connectivity index is 2.23. The smallest absolute Gasteiger partial charge is 0.226 e. The molecule has 0 unspecified atom stereocenters. The van der Waals surface area contributed by atoms with Crippen LogP contribution in [0.15, 0.2) is 0 Å². The molecular formula is C12H11F5N2O. The monoisotopic (exact) mass is 294 g/mol. The van der Waals surface area contributed by atoms with Crippen LogP contribution in [0.25, 0.3) is 0 Å². The summed E-state index contributed by atoms with van der Waals surface area (Å²) in [6.07, 6.45) is 1.72. The van der Waals surface area contributed by atoms with Crippen molar-refractivity contribution in [1.82, 2.24) is 0 Å². The van der Waals surface area contributed by atoms with E-state index < -0.39 is 46.2 Å². The van der Waals surface area contributed by atoms with Gasteiger partial charge in [0.15, 0.2) is 23.3 Å². The molecule has 0 atom stereocenters. The minimum atomic E-state index is -2.27. The van der Waals surface area contributed by atoms with Gasteiger partial charge in [-0.15, -0.1) is 0 Å². The van der Waals surface area contributed by atoms with Crippen LogP contribution in [0.1, 0.15) is 25.7 Å². The molecule has 1 aromatic rings. The second-order valence-corrected chi connectivity index (χ2v) is 4.89. The molecule has 0 heterocycles. The van der Waals surface area contributed by atoms with Gasteiger partial charge in [-0.2, -0.15) is 0 Å². The zero-order valence-corrected chi connectivity index (χ0v) is 10.2. The second-order valence-electron chi connectivity index (χ2n) is 4.89. The number of nitrogens with one attached hydrogen (secondary N) is 1. The van der Waals surface area contributed by atoms with E-state index in [4.69, 9.17) is 5.73 Å². The summed E-state index contributed by atoms with van der Waals surface area (Å²) in [6, 6.07) is 0. The number of hydrogen-bond donors (Lipinski definition) is 2. The number of halogens is 5. The summed E-state index contributed by atoms with van der Waals surface area (Å²) in [4.78, 5) is 11.6. The molecule has 110 valence electrons. The van der Waals surface area contributed by atoms with E-state index >= 15 is 0 Å². The van der Waals surface area contributed by atoms with E-state index in [0.29, 0.717) is 12.8 Å². The molecule has 3 nitrogen and oxygen atoms in total. The number of rotatable bonds is 3. The summed E-state index contributed by atoms with van der Waals surface area (Å²) in [5.41, 5.74) is 3.64. The fraction of sp³-hybridized carbons (Fsp3) is 0.417. The first-order valence-corrected chi connectivity index (χ1v) is 5.85. The number of anilines is 1. The van der Waals surface area contributed by atoms with E-state index in [1.54, 1.807) is 5.32 Å². The molecule has 2 rings (SSSR count). The summed E-state index contributed by atoms with van der Waals surface area (Å²) < 4.78 is 65.3. The van der Waals surface area contributed by atoms with Crippen LogP contribution in [0.4, 0.5) is 27.6 Å². The maximum Gasteiger partial charge on any atom is 0.226 e. The molecule has 1 aromatic carbocycles. The molecule has 0 bridgehead atoms. The predicted octanol–water partition coefficient (Wildman–Crippen LogP) is 2.59. The first kappa shape index (κ1) is 14.7. The van der Waals surface area contributed by atoms with Gasteiger partial charge in [0.1, 0.15) is 5.69 Å². The van der Waals surface area contributed by atoms with Gasteiger partial charge in [0.25, 0.3) is 0 Å². The third-order valence-electron chi connectivity index (χ3n) is 3.34. The lowest BCUT2D eigenvalue weighted by Gasteiger charge is -2.37. The molecular weight excluding hydrogens is 283 g/mol. The van der Waals surface area contributed by atoms with Gasteiger partial charge in [-0.25, -0.2) is 22.0 Å². The number of nitrogens with two attached hydrogens (primary N) is 1. The van der Waals surface area contributed by atoms with Crippen LogP contribution >= 0.6 is 0 Å². The van der Waals surface area contributed by atoms with Crippen molar-refractivity contribution in [3.05, 3.63) is 29.1 Å². The average Bonchev–Trinajstić information content (AvgIpc) is 2.37. The van der Waals surface area contributed by atoms with Gasteiger partial charge in [0.2, 0.25) is 11.7 Å². The second kappa shape index (κ2) is 5.01. The zero-order valence-electron chi connectivity index (χ0n) is 10.2. The molecule has 8 heteroatoms. The SMILES string of the molecule is NC1(CC(=O)Nc2c(F)c(F)c(F)c(F)c2F)CCC1. The highest BCUT2D eigenvalue weighted by molar-refractivity contribution is 5.91. The van der Waals surface area contributed by atoms with Crippen molar-refractivity contribution in [2.45, 2.75) is 31.2 Å². The summed E-state index contributed by atoms with van der Waals surface area (Å²) in [5, 5.41) is 1.70. The van der Waals surface area contributed by atoms with Gasteiger partial charge >= 0.3 is 0 Å². The van der Waals surface area contributed by atoms with Crippen LogP contribution in [0.3, 0.4) is 0 Å². The fourth-order valence-corrected chi connectivity index (χ4v) is 2.03. The minimum Gasteiger partial charge on any atom is -0.325 e. The van der Waals surface area contributed by atoms with Crippen molar-refractivity contribution in [2.75, 3.05) is 5.32 Å². The van der Waals surface area contributed by atoms with Crippen molar-refractivity contribution in [2.24, 2.45) is 5.73 Å². The van der Waals surface area contributed by atoms with Gasteiger partial charge in [-0.3, -0.25) is 4.79 Å². The third kappa shape index (κ3) is 2.47. The van der Waals surface area contributed by atoms with Gasteiger partial charge in [0.05, 0.1) is 0 Å². The summed E-state index contributed by atoms with van der Waals surface area (Å²) in [7, 11) is 0. The van der Waals surface area contributed by atoms with Gasteiger partial charge in [0, 0.05) is 12.0 Å². The summed E-state index contributed by atoms with van der Waals surface area (Å²) >= 11 is 0. The van der Waals surface area contributed by atoms with Crippen LogP contribution in [0, 0.1) is 29.1 Å². The first-order chi connectivity index (χ1) is 9.25. The maximum atomic E-state index is 13.3. The van der Waals surface area contributed by atoms with Gasteiger partial charge in [-0.1, -0.05) is 0 Å². The fourth-order valence-electron chi connectivity index (χ4n) is 2.03. The largest absolute Gasteiger partial charge is 0.325 e. The highest BCUT2D eigenvalue weighted by Gasteiger charge is 2.35. The van der Waals surface area contributed by atoms with E-state index in [9.17, 15) is 26.7 Å². The number of amides is 1. The van der Waals surface area contributed by atoms with E-state index in [1.807, 2.05) is 0 Å². The molecule has 0 aliphatic heterocycles. The van der Waals surface area contributed by atoms with Crippen molar-refractivity contribution >= 4 is 11.6 Å². The average molecular weight is 294 g/mol. The highest BCUT2D eigenvalue weighted by atomic mass is 19.2. The Bertz CT molecular complexity index is 542. The standard InChI is InChI=1S/C12H11F5N2O/c13-6-7(14)9(16)11(10(17)8(6)15)19-5(20)4-12(18)2-1-3-12/h1-4,18H2,(H,19,20). The first-order valence-electron chi connectivity index (χ1n) is 5.85. The van der Waals surface area contributed by atoms with Crippen molar-refractivity contribution in [3.63, 3.8) is 0 Å². The van der Waals surface area contributed by atoms with Crippen LogP contribution < -0.4 is 11.1 Å². The Hall–Kier alpha value is -1.70. The minimum absolute atomic E-state index is 0.244. The van der Waals surface area contributed by atoms with E-state index in [1.165, 1.54) is 0 Å². The number of hydrogen-bond acceptors (Lipinski definition) is 2. The van der Waals surface area contributed by atoms with Crippen molar-refractivity contribution in [3.8, 4) is 0 Å². The van der Waals surface area contributed by atoms with Crippen molar-refractivity contribution in [1.29, 1.82) is 0 Å². The molecule has 20 heavy (non-hydrogen) atoms. The van der Waals surface area contributed by atoms with Crippen LogP contribution in [-0.4, -0.2) is 11.4 Å². The normalized spacial score (nSPS) is 16.7. The lowest BCUT2D eigenvalue weighted by molar-refractivity contribution is -0.118. The Morgan fingerprint density at radius 1 is 1.00 bits per heavy atom. The molecule has 0 radical (unpaired) electrons. The van der Waals surface area contributed by atoms with Crippen LogP contribution in [0.5, 0.6) is 0 Å².